The quantitative estimate of drug-likeness (QED) is 0.743. The molecule has 4 heteroatoms. The Hall–Kier alpha value is -0.350. The van der Waals surface area contributed by atoms with Crippen molar-refractivity contribution in [3.63, 3.8) is 0 Å². The Labute approximate surface area is 81.3 Å². The number of rotatable bonds is 5. The molecular formula is C9H19NO2S. The molecular weight excluding hydrogens is 186 g/mol. The van der Waals surface area contributed by atoms with Crippen LogP contribution in [-0.2, 0) is 10.0 Å². The van der Waals surface area contributed by atoms with Gasteiger partial charge in [-0.2, -0.15) is 0 Å². The molecule has 1 N–H and O–H groups in total. The van der Waals surface area contributed by atoms with E-state index in [2.05, 4.69) is 4.72 Å². The Balaban J connectivity index is 4.10. The van der Waals surface area contributed by atoms with Crippen LogP contribution in [-0.4, -0.2) is 15.0 Å². The maximum atomic E-state index is 11.2. The average molecular weight is 205 g/mol. The number of sulfonamides is 1. The molecule has 0 bridgehead atoms. The summed E-state index contributed by atoms with van der Waals surface area (Å²) in [4.78, 5) is 0. The maximum absolute atomic E-state index is 11.2. The van der Waals surface area contributed by atoms with Crippen molar-refractivity contribution in [3.8, 4) is 0 Å². The lowest BCUT2D eigenvalue weighted by Crippen LogP contribution is -2.25. The van der Waals surface area contributed by atoms with Gasteiger partial charge in [0.15, 0.2) is 0 Å². The summed E-state index contributed by atoms with van der Waals surface area (Å²) in [6.07, 6.45) is 1.67. The molecule has 3 nitrogen and oxygen atoms in total. The Morgan fingerprint density at radius 1 is 1.23 bits per heavy atom. The highest BCUT2D eigenvalue weighted by molar-refractivity contribution is 7.92. The van der Waals surface area contributed by atoms with Gasteiger partial charge in [0.05, 0.1) is 0 Å². The van der Waals surface area contributed by atoms with Crippen molar-refractivity contribution >= 4 is 10.0 Å². The molecule has 78 valence electrons. The first kappa shape index (κ1) is 12.7. The van der Waals surface area contributed by atoms with Crippen molar-refractivity contribution in [3.05, 3.63) is 11.5 Å². The van der Waals surface area contributed by atoms with E-state index in [4.69, 9.17) is 0 Å². The summed E-state index contributed by atoms with van der Waals surface area (Å²) in [5.41, 5.74) is 0. The van der Waals surface area contributed by atoms with Crippen LogP contribution < -0.4 is 4.72 Å². The van der Waals surface area contributed by atoms with E-state index in [1.165, 1.54) is 5.41 Å². The molecule has 0 aromatic rings. The van der Waals surface area contributed by atoms with Gasteiger partial charge in [-0.05, 0) is 11.8 Å². The lowest BCUT2D eigenvalue weighted by molar-refractivity contribution is 0.567. The Bertz CT molecular complexity index is 253. The van der Waals surface area contributed by atoms with E-state index < -0.39 is 10.0 Å². The topological polar surface area (TPSA) is 46.2 Å². The van der Waals surface area contributed by atoms with Crippen molar-refractivity contribution in [1.29, 1.82) is 0 Å². The summed E-state index contributed by atoms with van der Waals surface area (Å²) in [5.74, 6) is 0.595. The molecule has 0 aromatic carbocycles. The molecule has 0 radical (unpaired) electrons. The second-order valence-electron chi connectivity index (χ2n) is 3.86. The van der Waals surface area contributed by atoms with Gasteiger partial charge in [-0.3, -0.25) is 0 Å². The average Bonchev–Trinajstić information content (AvgIpc) is 1.98. The molecule has 0 heterocycles. The van der Waals surface area contributed by atoms with Gasteiger partial charge in [-0.1, -0.05) is 33.8 Å². The van der Waals surface area contributed by atoms with Crippen LogP contribution in [0.3, 0.4) is 0 Å². The molecule has 0 fully saturated rings. The van der Waals surface area contributed by atoms with Crippen LogP contribution >= 0.6 is 0 Å². The molecule has 0 aliphatic heterocycles. The van der Waals surface area contributed by atoms with Crippen LogP contribution in [0.4, 0.5) is 0 Å². The van der Waals surface area contributed by atoms with E-state index in [0.29, 0.717) is 12.5 Å². The molecule has 0 amide bonds. The predicted molar refractivity (Wildman–Crippen MR) is 55.7 cm³/mol. The second-order valence-corrected chi connectivity index (χ2v) is 5.51. The van der Waals surface area contributed by atoms with E-state index in [1.54, 1.807) is 6.08 Å². The first-order chi connectivity index (χ1) is 5.83. The minimum Gasteiger partial charge on any atom is -0.211 e. The molecule has 0 saturated heterocycles. The van der Waals surface area contributed by atoms with Crippen LogP contribution in [0, 0.1) is 11.8 Å². The van der Waals surface area contributed by atoms with Gasteiger partial charge in [0.1, 0.15) is 0 Å². The van der Waals surface area contributed by atoms with E-state index in [1.807, 2.05) is 27.7 Å². The maximum Gasteiger partial charge on any atom is 0.233 e. The highest BCUT2D eigenvalue weighted by atomic mass is 32.2. The Morgan fingerprint density at radius 3 is 2.15 bits per heavy atom. The zero-order valence-electron chi connectivity index (χ0n) is 8.74. The highest BCUT2D eigenvalue weighted by Crippen LogP contribution is 1.98. The van der Waals surface area contributed by atoms with E-state index in [0.717, 1.165) is 0 Å². The minimum absolute atomic E-state index is 0.260. The van der Waals surface area contributed by atoms with Crippen molar-refractivity contribution in [1.82, 2.24) is 4.72 Å². The normalized spacial score (nSPS) is 13.4. The molecule has 0 saturated carbocycles. The second kappa shape index (κ2) is 5.40. The van der Waals surface area contributed by atoms with Crippen LogP contribution in [0.1, 0.15) is 27.7 Å². The van der Waals surface area contributed by atoms with Gasteiger partial charge in [-0.25, -0.2) is 13.1 Å². The van der Waals surface area contributed by atoms with Crippen molar-refractivity contribution in [2.45, 2.75) is 27.7 Å². The molecule has 0 rings (SSSR count). The monoisotopic (exact) mass is 205 g/mol. The lowest BCUT2D eigenvalue weighted by atomic mass is 10.2. The molecule has 0 aliphatic rings. The third-order valence-electron chi connectivity index (χ3n) is 1.34. The zero-order valence-corrected chi connectivity index (χ0v) is 9.56. The van der Waals surface area contributed by atoms with E-state index >= 15 is 0 Å². The fourth-order valence-corrected chi connectivity index (χ4v) is 1.77. The summed E-state index contributed by atoms with van der Waals surface area (Å²) in [6.45, 7) is 8.30. The molecule has 0 aliphatic carbocycles. The molecule has 0 spiro atoms. The molecule has 0 atom stereocenters. The number of nitrogens with one attached hydrogen (secondary N) is 1. The standard InChI is InChI=1S/C9H19NO2S/c1-8(2)5-6-13(11,12)10-7-9(3)4/h5-6,8-10H,7H2,1-4H3/b6-5+. The Kier molecular flexibility index (Phi) is 5.25. The molecule has 0 unspecified atom stereocenters. The summed E-state index contributed by atoms with van der Waals surface area (Å²) < 4.78 is 25.0. The first-order valence-electron chi connectivity index (χ1n) is 4.51. The van der Waals surface area contributed by atoms with E-state index in [9.17, 15) is 8.42 Å². The fraction of sp³-hybridized carbons (Fsp3) is 0.778. The van der Waals surface area contributed by atoms with Crippen LogP contribution in [0.5, 0.6) is 0 Å². The number of hydrogen-bond donors (Lipinski definition) is 1. The first-order valence-corrected chi connectivity index (χ1v) is 6.06. The summed E-state index contributed by atoms with van der Waals surface area (Å²) in [7, 11) is -3.20. The van der Waals surface area contributed by atoms with Crippen molar-refractivity contribution in [2.75, 3.05) is 6.54 Å². The Morgan fingerprint density at radius 2 is 1.77 bits per heavy atom. The van der Waals surface area contributed by atoms with Crippen LogP contribution in [0.15, 0.2) is 11.5 Å². The van der Waals surface area contributed by atoms with Gasteiger partial charge >= 0.3 is 0 Å². The third kappa shape index (κ3) is 7.99. The lowest BCUT2D eigenvalue weighted by Gasteiger charge is -2.05. The smallest absolute Gasteiger partial charge is 0.211 e. The summed E-state index contributed by atoms with van der Waals surface area (Å²) >= 11 is 0. The zero-order chi connectivity index (χ0) is 10.5. The third-order valence-corrected chi connectivity index (χ3v) is 2.42. The van der Waals surface area contributed by atoms with Crippen LogP contribution in [0.2, 0.25) is 0 Å². The number of allylic oxidation sites excluding steroid dienone is 1. The van der Waals surface area contributed by atoms with Gasteiger partial charge < -0.3 is 0 Å². The van der Waals surface area contributed by atoms with Gasteiger partial charge in [0.2, 0.25) is 10.0 Å². The van der Waals surface area contributed by atoms with E-state index in [-0.39, 0.29) is 5.92 Å². The molecule has 0 aromatic heterocycles. The largest absolute Gasteiger partial charge is 0.233 e. The molecule has 13 heavy (non-hydrogen) atoms. The van der Waals surface area contributed by atoms with Gasteiger partial charge in [0.25, 0.3) is 0 Å². The summed E-state index contributed by atoms with van der Waals surface area (Å²) in [6, 6.07) is 0. The fourth-order valence-electron chi connectivity index (χ4n) is 0.592. The number of hydrogen-bond acceptors (Lipinski definition) is 2. The summed E-state index contributed by atoms with van der Waals surface area (Å²) in [5, 5.41) is 1.24. The highest BCUT2D eigenvalue weighted by Gasteiger charge is 2.05. The van der Waals surface area contributed by atoms with Gasteiger partial charge in [0, 0.05) is 12.0 Å². The van der Waals surface area contributed by atoms with Crippen molar-refractivity contribution < 1.29 is 8.42 Å². The predicted octanol–water partition coefficient (Wildman–Crippen LogP) is 1.73. The van der Waals surface area contributed by atoms with Crippen LogP contribution in [0.25, 0.3) is 0 Å². The minimum atomic E-state index is -3.20. The SMILES string of the molecule is CC(C)/C=C/S(=O)(=O)NCC(C)C. The van der Waals surface area contributed by atoms with Gasteiger partial charge in [-0.15, -0.1) is 0 Å². The van der Waals surface area contributed by atoms with Crippen molar-refractivity contribution in [2.24, 2.45) is 11.8 Å².